The van der Waals surface area contributed by atoms with Crippen LogP contribution in [-0.4, -0.2) is 15.1 Å². The van der Waals surface area contributed by atoms with Crippen LogP contribution in [0.1, 0.15) is 5.56 Å². The van der Waals surface area contributed by atoms with Gasteiger partial charge in [0.25, 0.3) is 11.6 Å². The number of nitrogens with zero attached hydrogens (tertiary/aromatic N) is 4. The van der Waals surface area contributed by atoms with Crippen molar-refractivity contribution in [1.29, 1.82) is 5.26 Å². The van der Waals surface area contributed by atoms with Gasteiger partial charge in [-0.05, 0) is 6.07 Å². The first-order valence-corrected chi connectivity index (χ1v) is 5.81. The van der Waals surface area contributed by atoms with Gasteiger partial charge in [0.1, 0.15) is 11.6 Å². The molecule has 0 spiro atoms. The third-order valence-electron chi connectivity index (χ3n) is 2.20. The molecule has 0 radical (unpaired) electrons. The van der Waals surface area contributed by atoms with Crippen LogP contribution in [0.5, 0.6) is 11.6 Å². The van der Waals surface area contributed by atoms with Crippen molar-refractivity contribution in [3.05, 3.63) is 50.1 Å². The van der Waals surface area contributed by atoms with Crippen LogP contribution in [-0.2, 0) is 0 Å². The molecular formula is C11H4Cl2N4O3. The Hall–Kier alpha value is -2.43. The fraction of sp³-hybridized carbons (Fsp3) is 0. The van der Waals surface area contributed by atoms with Gasteiger partial charge in [-0.25, -0.2) is 0 Å². The van der Waals surface area contributed by atoms with Crippen molar-refractivity contribution in [3.8, 4) is 17.7 Å². The van der Waals surface area contributed by atoms with E-state index >= 15 is 0 Å². The summed E-state index contributed by atoms with van der Waals surface area (Å²) in [5, 5.41) is 26.6. The molecule has 2 rings (SSSR count). The Labute approximate surface area is 122 Å². The minimum absolute atomic E-state index is 0.0315. The van der Waals surface area contributed by atoms with E-state index < -0.39 is 4.92 Å². The Balaban J connectivity index is 2.45. The van der Waals surface area contributed by atoms with Gasteiger partial charge in [0.2, 0.25) is 0 Å². The zero-order valence-electron chi connectivity index (χ0n) is 9.58. The predicted molar refractivity (Wildman–Crippen MR) is 69.9 cm³/mol. The van der Waals surface area contributed by atoms with Crippen molar-refractivity contribution in [2.75, 3.05) is 0 Å². The first kappa shape index (κ1) is 14.0. The van der Waals surface area contributed by atoms with E-state index in [4.69, 9.17) is 33.2 Å². The molecule has 0 atom stereocenters. The number of halogens is 2. The number of hydrogen-bond acceptors (Lipinski definition) is 6. The lowest BCUT2D eigenvalue weighted by Gasteiger charge is -2.08. The SMILES string of the molecule is N#Cc1ccnnc1Oc1c(Cl)cc([N+](=O)[O-])cc1Cl. The molecule has 0 aliphatic rings. The molecule has 2 aromatic rings. The summed E-state index contributed by atoms with van der Waals surface area (Å²) in [5.74, 6) is -0.122. The molecule has 1 aromatic carbocycles. The Kier molecular flexibility index (Phi) is 3.98. The average Bonchev–Trinajstić information content (AvgIpc) is 2.42. The van der Waals surface area contributed by atoms with E-state index in [1.807, 2.05) is 6.07 Å². The number of hydrogen-bond donors (Lipinski definition) is 0. The van der Waals surface area contributed by atoms with Gasteiger partial charge in [-0.3, -0.25) is 10.1 Å². The Morgan fingerprint density at radius 2 is 2.00 bits per heavy atom. The van der Waals surface area contributed by atoms with Crippen LogP contribution in [0, 0.1) is 21.4 Å². The molecule has 0 aliphatic carbocycles. The van der Waals surface area contributed by atoms with Crippen LogP contribution in [0.4, 0.5) is 5.69 Å². The smallest absolute Gasteiger partial charge is 0.272 e. The highest BCUT2D eigenvalue weighted by molar-refractivity contribution is 6.37. The second kappa shape index (κ2) is 5.69. The third-order valence-corrected chi connectivity index (χ3v) is 2.76. The highest BCUT2D eigenvalue weighted by Crippen LogP contribution is 2.39. The Bertz CT molecular complexity index is 707. The number of rotatable bonds is 3. The maximum atomic E-state index is 10.7. The van der Waals surface area contributed by atoms with Gasteiger partial charge in [0.05, 0.1) is 21.2 Å². The molecule has 9 heteroatoms. The second-order valence-corrected chi connectivity index (χ2v) is 4.27. The number of nitro benzene ring substituents is 1. The zero-order valence-corrected chi connectivity index (χ0v) is 11.1. The molecule has 0 saturated carbocycles. The molecule has 20 heavy (non-hydrogen) atoms. The first-order valence-electron chi connectivity index (χ1n) is 5.06. The monoisotopic (exact) mass is 310 g/mol. The van der Waals surface area contributed by atoms with Crippen molar-refractivity contribution in [2.45, 2.75) is 0 Å². The van der Waals surface area contributed by atoms with Crippen LogP contribution >= 0.6 is 23.2 Å². The maximum absolute atomic E-state index is 10.7. The highest BCUT2D eigenvalue weighted by atomic mass is 35.5. The average molecular weight is 311 g/mol. The molecule has 0 amide bonds. The molecule has 0 fully saturated rings. The fourth-order valence-electron chi connectivity index (χ4n) is 1.33. The molecule has 0 unspecified atom stereocenters. The highest BCUT2D eigenvalue weighted by Gasteiger charge is 2.18. The van der Waals surface area contributed by atoms with Gasteiger partial charge in [-0.1, -0.05) is 23.2 Å². The van der Waals surface area contributed by atoms with Crippen LogP contribution in [0.15, 0.2) is 24.4 Å². The summed E-state index contributed by atoms with van der Waals surface area (Å²) >= 11 is 11.8. The van der Waals surface area contributed by atoms with Crippen LogP contribution in [0.2, 0.25) is 10.0 Å². The lowest BCUT2D eigenvalue weighted by atomic mass is 10.3. The molecule has 1 heterocycles. The van der Waals surface area contributed by atoms with E-state index in [0.717, 1.165) is 12.1 Å². The Morgan fingerprint density at radius 1 is 1.35 bits per heavy atom. The minimum atomic E-state index is -0.634. The maximum Gasteiger partial charge on any atom is 0.272 e. The van der Waals surface area contributed by atoms with Crippen molar-refractivity contribution in [3.63, 3.8) is 0 Å². The molecule has 1 aromatic heterocycles. The molecular weight excluding hydrogens is 307 g/mol. The lowest BCUT2D eigenvalue weighted by Crippen LogP contribution is -1.96. The van der Waals surface area contributed by atoms with E-state index in [0.29, 0.717) is 0 Å². The minimum Gasteiger partial charge on any atom is -0.433 e. The van der Waals surface area contributed by atoms with Gasteiger partial charge in [0, 0.05) is 12.1 Å². The summed E-state index contributed by atoms with van der Waals surface area (Å²) in [7, 11) is 0. The van der Waals surface area contributed by atoms with E-state index in [-0.39, 0.29) is 32.9 Å². The van der Waals surface area contributed by atoms with Gasteiger partial charge < -0.3 is 4.74 Å². The number of nitro groups is 1. The summed E-state index contributed by atoms with van der Waals surface area (Å²) in [4.78, 5) is 10.0. The quantitative estimate of drug-likeness (QED) is 0.636. The lowest BCUT2D eigenvalue weighted by molar-refractivity contribution is -0.384. The Morgan fingerprint density at radius 3 is 2.55 bits per heavy atom. The van der Waals surface area contributed by atoms with Crippen molar-refractivity contribution in [2.24, 2.45) is 0 Å². The van der Waals surface area contributed by atoms with Crippen molar-refractivity contribution >= 4 is 28.9 Å². The first-order chi connectivity index (χ1) is 9.52. The second-order valence-electron chi connectivity index (χ2n) is 3.46. The summed E-state index contributed by atoms with van der Waals surface area (Å²) < 4.78 is 5.31. The summed E-state index contributed by atoms with van der Waals surface area (Å²) in [6, 6.07) is 5.44. The zero-order chi connectivity index (χ0) is 14.7. The molecule has 0 aliphatic heterocycles. The van der Waals surface area contributed by atoms with E-state index in [1.165, 1.54) is 12.3 Å². The van der Waals surface area contributed by atoms with Crippen LogP contribution < -0.4 is 4.74 Å². The summed E-state index contributed by atoms with van der Waals surface area (Å²) in [6.07, 6.45) is 1.32. The predicted octanol–water partition coefficient (Wildman–Crippen LogP) is 3.36. The molecule has 100 valence electrons. The van der Waals surface area contributed by atoms with Crippen molar-refractivity contribution < 1.29 is 9.66 Å². The fourth-order valence-corrected chi connectivity index (χ4v) is 1.88. The van der Waals surface area contributed by atoms with E-state index in [1.54, 1.807) is 0 Å². The number of benzene rings is 1. The molecule has 0 bridgehead atoms. The normalized spacial score (nSPS) is 9.85. The van der Waals surface area contributed by atoms with Gasteiger partial charge in [0.15, 0.2) is 5.75 Å². The largest absolute Gasteiger partial charge is 0.433 e. The topological polar surface area (TPSA) is 102 Å². The summed E-state index contributed by atoms with van der Waals surface area (Å²) in [5.41, 5.74) is -0.141. The van der Waals surface area contributed by atoms with E-state index in [9.17, 15) is 10.1 Å². The van der Waals surface area contributed by atoms with E-state index in [2.05, 4.69) is 10.2 Å². The van der Waals surface area contributed by atoms with Gasteiger partial charge in [-0.15, -0.1) is 5.10 Å². The molecule has 0 saturated heterocycles. The van der Waals surface area contributed by atoms with Crippen LogP contribution in [0.3, 0.4) is 0 Å². The molecule has 0 N–H and O–H groups in total. The standard InChI is InChI=1S/C11H4Cl2N4O3/c12-8-3-7(17(18)19)4-9(13)10(8)20-11-6(5-14)1-2-15-16-11/h1-4H. The number of aromatic nitrogens is 2. The number of nitriles is 1. The number of ether oxygens (including phenoxy) is 1. The van der Waals surface area contributed by atoms with Gasteiger partial charge in [-0.2, -0.15) is 10.4 Å². The number of non-ortho nitro benzene ring substituents is 1. The summed E-state index contributed by atoms with van der Waals surface area (Å²) in [6.45, 7) is 0. The third kappa shape index (κ3) is 2.77. The van der Waals surface area contributed by atoms with Crippen LogP contribution in [0.25, 0.3) is 0 Å². The van der Waals surface area contributed by atoms with Gasteiger partial charge >= 0.3 is 0 Å². The van der Waals surface area contributed by atoms with Crippen molar-refractivity contribution in [1.82, 2.24) is 10.2 Å². The molecule has 7 nitrogen and oxygen atoms in total.